The first-order valence-electron chi connectivity index (χ1n) is 10.1. The van der Waals surface area contributed by atoms with E-state index >= 15 is 0 Å². The molecular formula is C22H26N4O4S. The van der Waals surface area contributed by atoms with Gasteiger partial charge in [-0.3, -0.25) is 4.90 Å². The highest BCUT2D eigenvalue weighted by Crippen LogP contribution is 2.31. The summed E-state index contributed by atoms with van der Waals surface area (Å²) < 4.78 is 10.4. The first-order chi connectivity index (χ1) is 15.1. The van der Waals surface area contributed by atoms with Crippen molar-refractivity contribution in [1.29, 1.82) is 0 Å². The highest BCUT2D eigenvalue weighted by molar-refractivity contribution is 7.10. The van der Waals surface area contributed by atoms with Crippen molar-refractivity contribution in [3.8, 4) is 5.75 Å². The molecule has 9 heteroatoms. The summed E-state index contributed by atoms with van der Waals surface area (Å²) in [5.41, 5.74) is 2.19. The minimum Gasteiger partial charge on any atom is -0.497 e. The zero-order chi connectivity index (χ0) is 21.8. The van der Waals surface area contributed by atoms with Crippen LogP contribution in [0.4, 0.5) is 10.5 Å². The number of carbonyl (C=O) groups excluding carboxylic acids is 2. The summed E-state index contributed by atoms with van der Waals surface area (Å²) in [5, 5.41) is 7.62. The quantitative estimate of drug-likeness (QED) is 0.669. The number of nitrogens with zero attached hydrogens (tertiary/aromatic N) is 2. The van der Waals surface area contributed by atoms with Crippen LogP contribution < -0.4 is 20.3 Å². The van der Waals surface area contributed by atoms with E-state index in [0.29, 0.717) is 17.8 Å². The Kier molecular flexibility index (Phi) is 6.43. The summed E-state index contributed by atoms with van der Waals surface area (Å²) >= 11 is 1.50. The topological polar surface area (TPSA) is 83.1 Å². The van der Waals surface area contributed by atoms with Crippen molar-refractivity contribution in [2.24, 2.45) is 0 Å². The third kappa shape index (κ3) is 4.67. The lowest BCUT2D eigenvalue weighted by Gasteiger charge is -2.37. The molecular weight excluding hydrogens is 416 g/mol. The molecule has 3 heterocycles. The van der Waals surface area contributed by atoms with E-state index in [1.165, 1.54) is 18.4 Å². The molecule has 0 radical (unpaired) electrons. The van der Waals surface area contributed by atoms with Gasteiger partial charge in [0.25, 0.3) is 0 Å². The van der Waals surface area contributed by atoms with Crippen LogP contribution in [0.5, 0.6) is 5.75 Å². The van der Waals surface area contributed by atoms with Gasteiger partial charge in [0.05, 0.1) is 25.8 Å². The first-order valence-corrected chi connectivity index (χ1v) is 11.0. The molecule has 1 saturated heterocycles. The smallest absolute Gasteiger partial charge is 0.338 e. The number of piperazine rings is 1. The Morgan fingerprint density at radius 3 is 2.65 bits per heavy atom. The molecule has 164 valence electrons. The Bertz CT molecular complexity index is 968. The van der Waals surface area contributed by atoms with Crippen LogP contribution in [-0.4, -0.2) is 63.8 Å². The van der Waals surface area contributed by atoms with Gasteiger partial charge in [-0.1, -0.05) is 12.1 Å². The van der Waals surface area contributed by atoms with Crippen LogP contribution in [-0.2, 0) is 9.53 Å². The summed E-state index contributed by atoms with van der Waals surface area (Å²) in [7, 11) is 3.03. The molecule has 31 heavy (non-hydrogen) atoms. The number of hydrogen-bond acceptors (Lipinski definition) is 7. The molecule has 2 N–H and O–H groups in total. The van der Waals surface area contributed by atoms with Crippen LogP contribution in [0.15, 0.2) is 53.0 Å². The molecule has 1 fully saturated rings. The second kappa shape index (κ2) is 9.40. The van der Waals surface area contributed by atoms with Crippen molar-refractivity contribution in [3.05, 3.63) is 57.9 Å². The monoisotopic (exact) mass is 442 g/mol. The number of carbonyl (C=O) groups is 2. The van der Waals surface area contributed by atoms with Gasteiger partial charge >= 0.3 is 12.0 Å². The lowest BCUT2D eigenvalue weighted by Crippen LogP contribution is -2.51. The molecule has 2 aliphatic heterocycles. The SMILES string of the molecule is COC(=O)C1=C(CN2CCN(c3cccc(OC)c3)CC2)NC(=O)NC1c1cccs1. The van der Waals surface area contributed by atoms with Crippen molar-refractivity contribution in [3.63, 3.8) is 0 Å². The van der Waals surface area contributed by atoms with Crippen molar-refractivity contribution < 1.29 is 19.1 Å². The normalized spacial score (nSPS) is 19.6. The molecule has 0 spiro atoms. The Morgan fingerprint density at radius 2 is 1.97 bits per heavy atom. The summed E-state index contributed by atoms with van der Waals surface area (Å²) in [5.74, 6) is 0.403. The third-order valence-electron chi connectivity index (χ3n) is 5.56. The van der Waals surface area contributed by atoms with Crippen LogP contribution in [0.1, 0.15) is 10.9 Å². The van der Waals surface area contributed by atoms with Gasteiger partial charge in [0.2, 0.25) is 0 Å². The maximum absolute atomic E-state index is 12.6. The Hall–Kier alpha value is -3.04. The number of ether oxygens (including phenoxy) is 2. The second-order valence-electron chi connectivity index (χ2n) is 7.40. The second-order valence-corrected chi connectivity index (χ2v) is 8.37. The highest BCUT2D eigenvalue weighted by atomic mass is 32.1. The van der Waals surface area contributed by atoms with Gasteiger partial charge < -0.3 is 25.0 Å². The number of amides is 2. The average Bonchev–Trinajstić information content (AvgIpc) is 3.34. The maximum atomic E-state index is 12.6. The van der Waals surface area contributed by atoms with Crippen molar-refractivity contribution >= 4 is 29.0 Å². The van der Waals surface area contributed by atoms with Crippen LogP contribution in [0, 0.1) is 0 Å². The number of nitrogens with one attached hydrogen (secondary N) is 2. The highest BCUT2D eigenvalue weighted by Gasteiger charge is 2.35. The number of rotatable bonds is 6. The number of methoxy groups -OCH3 is 2. The zero-order valence-corrected chi connectivity index (χ0v) is 18.4. The molecule has 8 nitrogen and oxygen atoms in total. The largest absolute Gasteiger partial charge is 0.497 e. The van der Waals surface area contributed by atoms with E-state index < -0.39 is 12.0 Å². The van der Waals surface area contributed by atoms with E-state index in [2.05, 4.69) is 26.5 Å². The standard InChI is InChI=1S/C22H26N4O4S/c1-29-16-6-3-5-15(13-16)26-10-8-25(9-11-26)14-17-19(21(27)30-2)20(24-22(28)23-17)18-7-4-12-31-18/h3-7,12-13,20H,8-11,14H2,1-2H3,(H2,23,24,28). The average molecular weight is 443 g/mol. The maximum Gasteiger partial charge on any atom is 0.338 e. The fourth-order valence-electron chi connectivity index (χ4n) is 3.96. The van der Waals surface area contributed by atoms with Crippen LogP contribution >= 0.6 is 11.3 Å². The van der Waals surface area contributed by atoms with Gasteiger partial charge in [-0.05, 0) is 23.6 Å². The minimum absolute atomic E-state index is 0.309. The van der Waals surface area contributed by atoms with Gasteiger partial charge in [-0.25, -0.2) is 9.59 Å². The fourth-order valence-corrected chi connectivity index (χ4v) is 4.74. The predicted octanol–water partition coefficient (Wildman–Crippen LogP) is 2.36. The molecule has 1 unspecified atom stereocenters. The number of benzene rings is 1. The molecule has 1 atom stereocenters. The number of urea groups is 1. The Morgan fingerprint density at radius 1 is 1.16 bits per heavy atom. The van der Waals surface area contributed by atoms with E-state index in [-0.39, 0.29) is 6.03 Å². The zero-order valence-electron chi connectivity index (χ0n) is 17.6. The van der Waals surface area contributed by atoms with Crippen molar-refractivity contribution in [2.45, 2.75) is 6.04 Å². The Labute approximate surface area is 185 Å². The summed E-state index contributed by atoms with van der Waals surface area (Å²) in [6.07, 6.45) is 0. The van der Waals surface area contributed by atoms with Gasteiger partial charge in [0.15, 0.2) is 0 Å². The molecule has 2 amide bonds. The molecule has 2 aromatic rings. The molecule has 1 aromatic heterocycles. The van der Waals surface area contributed by atoms with E-state index in [1.54, 1.807) is 7.11 Å². The van der Waals surface area contributed by atoms with Gasteiger partial charge in [-0.2, -0.15) is 0 Å². The van der Waals surface area contributed by atoms with Gasteiger partial charge in [-0.15, -0.1) is 11.3 Å². The van der Waals surface area contributed by atoms with E-state index in [4.69, 9.17) is 9.47 Å². The minimum atomic E-state index is -0.505. The molecule has 0 bridgehead atoms. The number of thiophene rings is 1. The first kappa shape index (κ1) is 21.2. The third-order valence-corrected chi connectivity index (χ3v) is 6.50. The molecule has 4 rings (SSSR count). The predicted molar refractivity (Wildman–Crippen MR) is 119 cm³/mol. The lowest BCUT2D eigenvalue weighted by molar-refractivity contribution is -0.136. The summed E-state index contributed by atoms with van der Waals surface area (Å²) in [4.78, 5) is 30.4. The van der Waals surface area contributed by atoms with Crippen LogP contribution in [0.3, 0.4) is 0 Å². The number of anilines is 1. The number of hydrogen-bond donors (Lipinski definition) is 2. The summed E-state index contributed by atoms with van der Waals surface area (Å²) in [6.45, 7) is 3.78. The van der Waals surface area contributed by atoms with Crippen LogP contribution in [0.2, 0.25) is 0 Å². The van der Waals surface area contributed by atoms with Crippen molar-refractivity contribution in [2.75, 3.05) is 51.8 Å². The van der Waals surface area contributed by atoms with E-state index in [9.17, 15) is 9.59 Å². The van der Waals surface area contributed by atoms with Gasteiger partial charge in [0, 0.05) is 55.1 Å². The molecule has 1 aromatic carbocycles. The number of esters is 1. The van der Waals surface area contributed by atoms with E-state index in [0.717, 1.165) is 42.5 Å². The van der Waals surface area contributed by atoms with E-state index in [1.807, 2.05) is 35.7 Å². The fraction of sp³-hybridized carbons (Fsp3) is 0.364. The van der Waals surface area contributed by atoms with Gasteiger partial charge in [0.1, 0.15) is 5.75 Å². The molecule has 0 saturated carbocycles. The summed E-state index contributed by atoms with van der Waals surface area (Å²) in [6, 6.07) is 11.0. The molecule has 0 aliphatic carbocycles. The Balaban J connectivity index is 1.50. The van der Waals surface area contributed by atoms with Crippen molar-refractivity contribution in [1.82, 2.24) is 15.5 Å². The van der Waals surface area contributed by atoms with Crippen LogP contribution in [0.25, 0.3) is 0 Å². The lowest BCUT2D eigenvalue weighted by atomic mass is 10.0. The molecule has 2 aliphatic rings.